The van der Waals surface area contributed by atoms with E-state index in [2.05, 4.69) is 67.2 Å². The molecule has 0 atom stereocenters. The van der Waals surface area contributed by atoms with E-state index in [4.69, 9.17) is 4.42 Å². The maximum Gasteiger partial charge on any atom is 0.216 e. The molecule has 1 aliphatic carbocycles. The Hall–Kier alpha value is -2.61. The van der Waals surface area contributed by atoms with Gasteiger partial charge in [-0.05, 0) is 42.9 Å². The summed E-state index contributed by atoms with van der Waals surface area (Å²) in [7, 11) is 2.14. The van der Waals surface area contributed by atoms with Gasteiger partial charge in [0.05, 0.1) is 5.56 Å². The van der Waals surface area contributed by atoms with Gasteiger partial charge in [0.1, 0.15) is 18.2 Å². The summed E-state index contributed by atoms with van der Waals surface area (Å²) >= 11 is 0. The van der Waals surface area contributed by atoms with Crippen molar-refractivity contribution < 1.29 is 8.98 Å². The smallest absolute Gasteiger partial charge is 0.216 e. The summed E-state index contributed by atoms with van der Waals surface area (Å²) in [5.74, 6) is 0.703. The summed E-state index contributed by atoms with van der Waals surface area (Å²) in [4.78, 5) is 0. The number of para-hydroxylation sites is 1. The second-order valence-electron chi connectivity index (χ2n) is 8.02. The van der Waals surface area contributed by atoms with Crippen LogP contribution in [0.1, 0.15) is 49.1 Å². The Morgan fingerprint density at radius 3 is 2.59 bits per heavy atom. The molecule has 2 aromatic carbocycles. The summed E-state index contributed by atoms with van der Waals surface area (Å²) in [6, 6.07) is 17.5. The molecule has 0 aliphatic heterocycles. The number of rotatable bonds is 2. The van der Waals surface area contributed by atoms with Gasteiger partial charge in [-0.2, -0.15) is 0 Å². The monoisotopic (exact) mass is 356 g/mol. The predicted molar refractivity (Wildman–Crippen MR) is 111 cm³/mol. The molecule has 2 aromatic heterocycles. The Balaban J connectivity index is 1.74. The van der Waals surface area contributed by atoms with Crippen molar-refractivity contribution >= 4 is 21.9 Å². The van der Waals surface area contributed by atoms with E-state index in [0.717, 1.165) is 11.2 Å². The Kier molecular flexibility index (Phi) is 4.00. The van der Waals surface area contributed by atoms with E-state index in [1.54, 1.807) is 0 Å². The van der Waals surface area contributed by atoms with Gasteiger partial charge in [-0.15, -0.1) is 0 Å². The van der Waals surface area contributed by atoms with Crippen LogP contribution in [-0.2, 0) is 7.05 Å². The first-order valence-electron chi connectivity index (χ1n) is 10.1. The highest BCUT2D eigenvalue weighted by molar-refractivity contribution is 6.09. The van der Waals surface area contributed by atoms with E-state index in [0.29, 0.717) is 5.92 Å². The SMILES string of the molecule is Cc1ccc2c(oc3ccccc32)c1-c1cc(C2CCCCC2)cc[n+]1C. The van der Waals surface area contributed by atoms with Crippen molar-refractivity contribution in [2.24, 2.45) is 7.05 Å². The predicted octanol–water partition coefficient (Wildman–Crippen LogP) is 6.43. The van der Waals surface area contributed by atoms with E-state index in [-0.39, 0.29) is 0 Å². The molecule has 1 saturated carbocycles. The lowest BCUT2D eigenvalue weighted by atomic mass is 9.84. The summed E-state index contributed by atoms with van der Waals surface area (Å²) in [6.07, 6.45) is 8.97. The van der Waals surface area contributed by atoms with E-state index in [1.165, 1.54) is 65.3 Å². The number of aromatic nitrogens is 1. The molecular weight excluding hydrogens is 330 g/mol. The van der Waals surface area contributed by atoms with Crippen LogP contribution in [0.15, 0.2) is 59.1 Å². The fourth-order valence-electron chi connectivity index (χ4n) is 4.73. The van der Waals surface area contributed by atoms with Crippen LogP contribution in [0.2, 0.25) is 0 Å². The first kappa shape index (κ1) is 16.6. The molecule has 136 valence electrons. The lowest BCUT2D eigenvalue weighted by Gasteiger charge is -2.21. The Morgan fingerprint density at radius 2 is 1.74 bits per heavy atom. The third-order valence-electron chi connectivity index (χ3n) is 6.26. The van der Waals surface area contributed by atoms with E-state index in [1.807, 2.05) is 6.07 Å². The highest BCUT2D eigenvalue weighted by Gasteiger charge is 2.23. The largest absolute Gasteiger partial charge is 0.455 e. The number of aryl methyl sites for hydroxylation is 2. The molecule has 2 nitrogen and oxygen atoms in total. The van der Waals surface area contributed by atoms with Crippen LogP contribution >= 0.6 is 0 Å². The van der Waals surface area contributed by atoms with Gasteiger partial charge < -0.3 is 4.42 Å². The molecule has 27 heavy (non-hydrogen) atoms. The van der Waals surface area contributed by atoms with Crippen LogP contribution in [-0.4, -0.2) is 0 Å². The molecule has 0 spiro atoms. The molecule has 0 saturated heterocycles. The van der Waals surface area contributed by atoms with E-state index < -0.39 is 0 Å². The van der Waals surface area contributed by atoms with Gasteiger partial charge in [0.15, 0.2) is 6.20 Å². The molecule has 0 bridgehead atoms. The molecule has 4 aromatic rings. The van der Waals surface area contributed by atoms with Gasteiger partial charge in [0.25, 0.3) is 0 Å². The van der Waals surface area contributed by atoms with Crippen LogP contribution in [0.5, 0.6) is 0 Å². The fourth-order valence-corrected chi connectivity index (χ4v) is 4.73. The fraction of sp³-hybridized carbons (Fsp3) is 0.320. The number of benzene rings is 2. The second-order valence-corrected chi connectivity index (χ2v) is 8.02. The normalized spacial score (nSPS) is 15.6. The number of nitrogens with zero attached hydrogens (tertiary/aromatic N) is 1. The summed E-state index contributed by atoms with van der Waals surface area (Å²) < 4.78 is 8.58. The Morgan fingerprint density at radius 1 is 0.926 bits per heavy atom. The Labute approximate surface area is 160 Å². The molecule has 5 rings (SSSR count). The van der Waals surface area contributed by atoms with E-state index >= 15 is 0 Å². The lowest BCUT2D eigenvalue weighted by Crippen LogP contribution is -2.31. The first-order chi connectivity index (χ1) is 13.2. The van der Waals surface area contributed by atoms with Crippen molar-refractivity contribution in [3.8, 4) is 11.3 Å². The molecule has 0 amide bonds. The topological polar surface area (TPSA) is 17.0 Å². The van der Waals surface area contributed by atoms with Crippen LogP contribution in [0, 0.1) is 6.92 Å². The van der Waals surface area contributed by atoms with Crippen LogP contribution in [0.3, 0.4) is 0 Å². The van der Waals surface area contributed by atoms with Crippen LogP contribution in [0.4, 0.5) is 0 Å². The van der Waals surface area contributed by atoms with Gasteiger partial charge >= 0.3 is 0 Å². The number of fused-ring (bicyclic) bond motifs is 3. The van der Waals surface area contributed by atoms with Gasteiger partial charge in [-0.25, -0.2) is 4.57 Å². The highest BCUT2D eigenvalue weighted by atomic mass is 16.3. The maximum absolute atomic E-state index is 6.35. The van der Waals surface area contributed by atoms with Gasteiger partial charge in [-0.3, -0.25) is 0 Å². The third kappa shape index (κ3) is 2.75. The van der Waals surface area contributed by atoms with E-state index in [9.17, 15) is 0 Å². The second kappa shape index (κ2) is 6.53. The lowest BCUT2D eigenvalue weighted by molar-refractivity contribution is -0.660. The van der Waals surface area contributed by atoms with Crippen molar-refractivity contribution in [1.29, 1.82) is 0 Å². The molecule has 2 heteroatoms. The molecule has 1 fully saturated rings. The molecule has 0 unspecified atom stereocenters. The molecule has 0 N–H and O–H groups in total. The van der Waals surface area contributed by atoms with Crippen molar-refractivity contribution in [3.63, 3.8) is 0 Å². The van der Waals surface area contributed by atoms with Crippen molar-refractivity contribution in [2.75, 3.05) is 0 Å². The van der Waals surface area contributed by atoms with Crippen molar-refractivity contribution in [2.45, 2.75) is 44.9 Å². The zero-order chi connectivity index (χ0) is 18.4. The van der Waals surface area contributed by atoms with Crippen molar-refractivity contribution in [3.05, 3.63) is 65.9 Å². The summed E-state index contributed by atoms with van der Waals surface area (Å²) in [5.41, 5.74) is 7.19. The summed E-state index contributed by atoms with van der Waals surface area (Å²) in [5, 5.41) is 2.40. The third-order valence-corrected chi connectivity index (χ3v) is 6.26. The average Bonchev–Trinajstić information content (AvgIpc) is 3.08. The zero-order valence-electron chi connectivity index (χ0n) is 16.2. The average molecular weight is 356 g/mol. The number of hydrogen-bond donors (Lipinski definition) is 0. The Bertz CT molecular complexity index is 1130. The van der Waals surface area contributed by atoms with Gasteiger partial charge in [0.2, 0.25) is 5.69 Å². The maximum atomic E-state index is 6.35. The number of furan rings is 1. The first-order valence-corrected chi connectivity index (χ1v) is 10.1. The minimum absolute atomic E-state index is 0.703. The van der Waals surface area contributed by atoms with Gasteiger partial charge in [-0.1, -0.05) is 49.6 Å². The molecule has 1 aliphatic rings. The quantitative estimate of drug-likeness (QED) is 0.378. The number of pyridine rings is 1. The molecular formula is C25H26NO+. The summed E-state index contributed by atoms with van der Waals surface area (Å²) in [6.45, 7) is 2.19. The minimum atomic E-state index is 0.703. The highest BCUT2D eigenvalue weighted by Crippen LogP contribution is 2.38. The number of hydrogen-bond acceptors (Lipinski definition) is 1. The molecule has 2 heterocycles. The van der Waals surface area contributed by atoms with Crippen LogP contribution < -0.4 is 4.57 Å². The zero-order valence-corrected chi connectivity index (χ0v) is 16.2. The standard InChI is InChI=1S/C25H26NO/c1-17-12-13-21-20-10-6-7-11-23(20)27-25(21)24(17)22-16-19(14-15-26(22)2)18-8-4-3-5-9-18/h6-7,10-16,18H,3-5,8-9H2,1-2H3/q+1. The molecule has 0 radical (unpaired) electrons. The minimum Gasteiger partial charge on any atom is -0.455 e. The van der Waals surface area contributed by atoms with Crippen LogP contribution in [0.25, 0.3) is 33.2 Å². The van der Waals surface area contributed by atoms with Gasteiger partial charge in [0, 0.05) is 22.9 Å². The van der Waals surface area contributed by atoms with Crippen molar-refractivity contribution in [1.82, 2.24) is 0 Å².